The van der Waals surface area contributed by atoms with Gasteiger partial charge in [-0.2, -0.15) is 18.2 Å². The van der Waals surface area contributed by atoms with Crippen molar-refractivity contribution in [3.63, 3.8) is 0 Å². The Morgan fingerprint density at radius 1 is 1.32 bits per heavy atom. The van der Waals surface area contributed by atoms with Gasteiger partial charge in [0, 0.05) is 21.5 Å². The van der Waals surface area contributed by atoms with Crippen LogP contribution in [0.2, 0.25) is 0 Å². The first-order chi connectivity index (χ1) is 10.4. The van der Waals surface area contributed by atoms with Gasteiger partial charge in [-0.1, -0.05) is 29.1 Å². The molecule has 22 heavy (non-hydrogen) atoms. The second-order valence-electron chi connectivity index (χ2n) is 4.22. The third-order valence-corrected chi connectivity index (χ3v) is 4.51. The first kappa shape index (κ1) is 15.0. The third kappa shape index (κ3) is 3.30. The van der Waals surface area contributed by atoms with Gasteiger partial charge in [-0.3, -0.25) is 0 Å². The maximum absolute atomic E-state index is 12.5. The summed E-state index contributed by atoms with van der Waals surface area (Å²) in [5.41, 5.74) is 1.34. The van der Waals surface area contributed by atoms with Gasteiger partial charge in [0.15, 0.2) is 4.34 Å². The average Bonchev–Trinajstić information content (AvgIpc) is 3.08. The summed E-state index contributed by atoms with van der Waals surface area (Å²) in [5.74, 6) is -1.47. The topological polar surface area (TPSA) is 51.8 Å². The van der Waals surface area contributed by atoms with Crippen molar-refractivity contribution in [3.8, 4) is 11.4 Å². The molecule has 0 fully saturated rings. The van der Waals surface area contributed by atoms with E-state index < -0.39 is 12.1 Å². The zero-order chi connectivity index (χ0) is 15.7. The highest BCUT2D eigenvalue weighted by Gasteiger charge is 2.38. The highest BCUT2D eigenvalue weighted by atomic mass is 32.2. The summed E-state index contributed by atoms with van der Waals surface area (Å²) in [5, 5.41) is 5.28. The van der Waals surface area contributed by atoms with Crippen LogP contribution in [-0.4, -0.2) is 15.1 Å². The monoisotopic (exact) mass is 342 g/mol. The normalized spacial score (nSPS) is 11.8. The molecular weight excluding hydrogens is 335 g/mol. The number of aryl methyl sites for hydroxylation is 1. The van der Waals surface area contributed by atoms with Crippen LogP contribution < -0.4 is 0 Å². The molecule has 0 saturated carbocycles. The molecule has 4 nitrogen and oxygen atoms in total. The molecular formula is C13H7F3N3OS2. The van der Waals surface area contributed by atoms with E-state index in [1.807, 2.05) is 12.3 Å². The Labute approximate surface area is 131 Å². The van der Waals surface area contributed by atoms with E-state index in [0.29, 0.717) is 10.5 Å². The maximum atomic E-state index is 12.5. The van der Waals surface area contributed by atoms with Gasteiger partial charge in [0.2, 0.25) is 5.82 Å². The van der Waals surface area contributed by atoms with Gasteiger partial charge in [0.1, 0.15) is 0 Å². The van der Waals surface area contributed by atoms with E-state index in [1.54, 1.807) is 18.2 Å². The van der Waals surface area contributed by atoms with Crippen molar-refractivity contribution >= 4 is 23.1 Å². The van der Waals surface area contributed by atoms with Gasteiger partial charge in [-0.15, -0.1) is 11.3 Å². The number of thiazole rings is 1. The molecule has 0 unspecified atom stereocenters. The van der Waals surface area contributed by atoms with Crippen LogP contribution in [0.5, 0.6) is 0 Å². The van der Waals surface area contributed by atoms with E-state index in [2.05, 4.69) is 25.7 Å². The number of nitrogens with zero attached hydrogens (tertiary/aromatic N) is 3. The number of halogens is 3. The summed E-state index contributed by atoms with van der Waals surface area (Å²) in [4.78, 5) is 8.39. The summed E-state index contributed by atoms with van der Waals surface area (Å²) in [6, 6.07) is 7.81. The highest BCUT2D eigenvalue weighted by Crippen LogP contribution is 2.33. The molecule has 0 aliphatic heterocycles. The number of rotatable bonds is 3. The van der Waals surface area contributed by atoms with Crippen molar-refractivity contribution in [2.24, 2.45) is 0 Å². The minimum Gasteiger partial charge on any atom is -0.329 e. The first-order valence-corrected chi connectivity index (χ1v) is 7.64. The minimum atomic E-state index is -4.65. The maximum Gasteiger partial charge on any atom is 0.471 e. The molecule has 0 spiro atoms. The Hall–Kier alpha value is -1.87. The lowest BCUT2D eigenvalue weighted by molar-refractivity contribution is -0.159. The van der Waals surface area contributed by atoms with E-state index in [4.69, 9.17) is 0 Å². The fourth-order valence-corrected chi connectivity index (χ4v) is 3.39. The molecule has 0 amide bonds. The number of aromatic nitrogens is 3. The van der Waals surface area contributed by atoms with Crippen LogP contribution in [0, 0.1) is 13.0 Å². The molecule has 0 saturated heterocycles. The van der Waals surface area contributed by atoms with Crippen molar-refractivity contribution in [3.05, 3.63) is 41.2 Å². The van der Waals surface area contributed by atoms with E-state index in [9.17, 15) is 13.2 Å². The molecule has 0 bridgehead atoms. The lowest BCUT2D eigenvalue weighted by Gasteiger charge is -1.99. The summed E-state index contributed by atoms with van der Waals surface area (Å²) in [6.45, 7) is 1.89. The van der Waals surface area contributed by atoms with E-state index in [0.717, 1.165) is 10.0 Å². The van der Waals surface area contributed by atoms with Crippen LogP contribution in [0.3, 0.4) is 0 Å². The molecule has 3 aromatic rings. The second-order valence-corrected chi connectivity index (χ2v) is 6.37. The highest BCUT2D eigenvalue weighted by molar-refractivity contribution is 8.01. The molecule has 9 heteroatoms. The fourth-order valence-electron chi connectivity index (χ4n) is 1.57. The summed E-state index contributed by atoms with van der Waals surface area (Å²) in [7, 11) is 0. The second kappa shape index (κ2) is 5.73. The van der Waals surface area contributed by atoms with E-state index in [-0.39, 0.29) is 5.82 Å². The zero-order valence-electron chi connectivity index (χ0n) is 11.0. The van der Waals surface area contributed by atoms with Crippen LogP contribution in [0.1, 0.15) is 11.6 Å². The average molecular weight is 342 g/mol. The third-order valence-electron chi connectivity index (χ3n) is 2.50. The number of hydrogen-bond acceptors (Lipinski definition) is 6. The molecule has 3 rings (SSSR count). The predicted molar refractivity (Wildman–Crippen MR) is 74.5 cm³/mol. The molecule has 0 aliphatic carbocycles. The van der Waals surface area contributed by atoms with Gasteiger partial charge in [-0.05, 0) is 19.1 Å². The van der Waals surface area contributed by atoms with Gasteiger partial charge in [0.25, 0.3) is 0 Å². The Morgan fingerprint density at radius 2 is 2.14 bits per heavy atom. The Balaban J connectivity index is 1.86. The lowest BCUT2D eigenvalue weighted by Crippen LogP contribution is -2.04. The van der Waals surface area contributed by atoms with E-state index in [1.165, 1.54) is 23.1 Å². The Kier molecular flexibility index (Phi) is 3.92. The summed E-state index contributed by atoms with van der Waals surface area (Å²) < 4.78 is 42.5. The van der Waals surface area contributed by atoms with Crippen LogP contribution in [0.4, 0.5) is 13.2 Å². The quantitative estimate of drug-likeness (QED) is 0.703. The molecule has 2 aromatic heterocycles. The number of alkyl halides is 3. The smallest absolute Gasteiger partial charge is 0.329 e. The largest absolute Gasteiger partial charge is 0.471 e. The number of hydrogen-bond donors (Lipinski definition) is 0. The van der Waals surface area contributed by atoms with Gasteiger partial charge >= 0.3 is 12.1 Å². The van der Waals surface area contributed by atoms with Gasteiger partial charge in [-0.25, -0.2) is 4.98 Å². The Morgan fingerprint density at radius 3 is 2.77 bits per heavy atom. The molecule has 0 N–H and O–H groups in total. The molecule has 113 valence electrons. The van der Waals surface area contributed by atoms with Crippen molar-refractivity contribution in [2.75, 3.05) is 0 Å². The van der Waals surface area contributed by atoms with Crippen LogP contribution >= 0.6 is 23.1 Å². The van der Waals surface area contributed by atoms with Crippen molar-refractivity contribution in [1.29, 1.82) is 0 Å². The minimum absolute atomic E-state index is 0.113. The standard InChI is InChI=1S/C13H7F3N3OS2/c1-7-6-21-12(17-7)22-9-4-2-3-8(5-9)10-18-11(20-19-10)13(14,15)16/h2-3,5-6H,1H3. The molecule has 0 aliphatic rings. The number of benzene rings is 1. The first-order valence-electron chi connectivity index (χ1n) is 5.95. The molecule has 1 aromatic carbocycles. The van der Waals surface area contributed by atoms with Gasteiger partial charge < -0.3 is 4.52 Å². The zero-order valence-corrected chi connectivity index (χ0v) is 12.6. The summed E-state index contributed by atoms with van der Waals surface area (Å²) in [6.07, 6.45) is -4.65. The summed E-state index contributed by atoms with van der Waals surface area (Å²) >= 11 is 2.86. The molecule has 2 heterocycles. The predicted octanol–water partition coefficient (Wildman–Crippen LogP) is 4.47. The molecule has 0 atom stereocenters. The van der Waals surface area contributed by atoms with Crippen molar-refractivity contribution in [1.82, 2.24) is 15.1 Å². The molecule has 1 radical (unpaired) electrons. The van der Waals surface area contributed by atoms with Crippen molar-refractivity contribution < 1.29 is 17.7 Å². The fraction of sp³-hybridized carbons (Fsp3) is 0.154. The Bertz CT molecular complexity index is 798. The van der Waals surface area contributed by atoms with Gasteiger partial charge in [0.05, 0.1) is 0 Å². The van der Waals surface area contributed by atoms with E-state index >= 15 is 0 Å². The lowest BCUT2D eigenvalue weighted by atomic mass is 10.2. The van der Waals surface area contributed by atoms with Crippen LogP contribution in [-0.2, 0) is 6.18 Å². The SMILES string of the molecule is Cc1csc(Sc2[c]ccc(-c3noc(C(F)(F)F)n3)c2)n1. The van der Waals surface area contributed by atoms with Crippen LogP contribution in [0.25, 0.3) is 11.4 Å². The van der Waals surface area contributed by atoms with Crippen molar-refractivity contribution in [2.45, 2.75) is 22.3 Å². The van der Waals surface area contributed by atoms with Crippen LogP contribution in [0.15, 0.2) is 37.3 Å².